The van der Waals surface area contributed by atoms with Crippen molar-refractivity contribution in [1.82, 2.24) is 0 Å². The molecule has 17 heavy (non-hydrogen) atoms. The van der Waals surface area contributed by atoms with E-state index in [0.29, 0.717) is 0 Å². The molecule has 1 saturated heterocycles. The third kappa shape index (κ3) is 5.24. The van der Waals surface area contributed by atoms with Gasteiger partial charge in [-0.1, -0.05) is 18.2 Å². The summed E-state index contributed by atoms with van der Waals surface area (Å²) in [5.41, 5.74) is 1.39. The fourth-order valence-electron chi connectivity index (χ4n) is 1.79. The molecule has 1 fully saturated rings. The number of para-hydroxylation sites is 1. The van der Waals surface area contributed by atoms with E-state index in [-0.39, 0.29) is 0 Å². The average molecular weight is 237 g/mol. The standard InChI is InChI=1S/C11H15N.C2H4O3/c1-3-7-11(8-4-1)12-9-5-2-6-10-12;1-5-2(3)4/h1,3-4,7-8H,2,5-6,9-10H2;1H3,(H,3,4). The van der Waals surface area contributed by atoms with Crippen LogP contribution in [0.2, 0.25) is 0 Å². The number of nitrogens with zero attached hydrogens (tertiary/aromatic N) is 1. The average Bonchev–Trinajstić information content (AvgIpc) is 2.41. The third-order valence-corrected chi connectivity index (χ3v) is 2.65. The number of anilines is 1. The number of rotatable bonds is 1. The van der Waals surface area contributed by atoms with Crippen molar-refractivity contribution in [2.45, 2.75) is 19.3 Å². The Balaban J connectivity index is 0.000000249. The maximum Gasteiger partial charge on any atom is 0.505 e. The monoisotopic (exact) mass is 237 g/mol. The van der Waals surface area contributed by atoms with Crippen LogP contribution in [0, 0.1) is 0 Å². The van der Waals surface area contributed by atoms with Gasteiger partial charge in [0.25, 0.3) is 0 Å². The summed E-state index contributed by atoms with van der Waals surface area (Å²) in [5.74, 6) is 0. The van der Waals surface area contributed by atoms with Crippen LogP contribution in [0.25, 0.3) is 0 Å². The normalized spacial score (nSPS) is 14.5. The molecule has 0 saturated carbocycles. The Kier molecular flexibility index (Phi) is 5.93. The van der Waals surface area contributed by atoms with Gasteiger partial charge in [0.05, 0.1) is 7.11 Å². The van der Waals surface area contributed by atoms with Crippen LogP contribution in [0.15, 0.2) is 30.3 Å². The molecule has 2 rings (SSSR count). The number of methoxy groups -OCH3 is 1. The minimum absolute atomic E-state index is 1.10. The maximum absolute atomic E-state index is 9.15. The van der Waals surface area contributed by atoms with E-state index in [1.165, 1.54) is 38.0 Å². The Morgan fingerprint density at radius 3 is 2.18 bits per heavy atom. The number of hydrogen-bond acceptors (Lipinski definition) is 3. The first-order chi connectivity index (χ1) is 8.24. The summed E-state index contributed by atoms with van der Waals surface area (Å²) in [6, 6.07) is 10.7. The quantitative estimate of drug-likeness (QED) is 0.763. The molecule has 1 aliphatic heterocycles. The highest BCUT2D eigenvalue weighted by atomic mass is 16.6. The molecule has 1 aromatic rings. The van der Waals surface area contributed by atoms with Gasteiger partial charge in [0.1, 0.15) is 0 Å². The maximum atomic E-state index is 9.15. The smallest absolute Gasteiger partial charge is 0.450 e. The molecule has 0 amide bonds. The molecule has 0 aromatic heterocycles. The molecule has 94 valence electrons. The molecule has 0 bridgehead atoms. The van der Waals surface area contributed by atoms with E-state index in [1.807, 2.05) is 0 Å². The molecule has 0 aliphatic carbocycles. The van der Waals surface area contributed by atoms with Crippen LogP contribution in [0.4, 0.5) is 10.5 Å². The molecule has 1 N–H and O–H groups in total. The minimum atomic E-state index is -1.25. The summed E-state index contributed by atoms with van der Waals surface area (Å²) in [6.07, 6.45) is 2.87. The lowest BCUT2D eigenvalue weighted by atomic mass is 10.1. The number of carboxylic acid groups (broad SMARTS) is 1. The highest BCUT2D eigenvalue weighted by Crippen LogP contribution is 2.18. The van der Waals surface area contributed by atoms with Crippen LogP contribution in [0.1, 0.15) is 19.3 Å². The zero-order chi connectivity index (χ0) is 12.5. The molecule has 0 spiro atoms. The van der Waals surface area contributed by atoms with E-state index in [2.05, 4.69) is 40.0 Å². The fraction of sp³-hybridized carbons (Fsp3) is 0.462. The molecular weight excluding hydrogens is 218 g/mol. The first-order valence-electron chi connectivity index (χ1n) is 5.81. The number of hydrogen-bond donors (Lipinski definition) is 1. The van der Waals surface area contributed by atoms with E-state index in [1.54, 1.807) is 0 Å². The molecule has 1 heterocycles. The van der Waals surface area contributed by atoms with Crippen LogP contribution < -0.4 is 4.90 Å². The second-order valence-electron chi connectivity index (χ2n) is 3.85. The zero-order valence-electron chi connectivity index (χ0n) is 10.1. The van der Waals surface area contributed by atoms with E-state index in [0.717, 1.165) is 7.11 Å². The first-order valence-corrected chi connectivity index (χ1v) is 5.81. The van der Waals surface area contributed by atoms with Gasteiger partial charge in [0.15, 0.2) is 0 Å². The third-order valence-electron chi connectivity index (χ3n) is 2.65. The van der Waals surface area contributed by atoms with Crippen LogP contribution in [0.3, 0.4) is 0 Å². The predicted molar refractivity (Wildman–Crippen MR) is 67.5 cm³/mol. The lowest BCUT2D eigenvalue weighted by Gasteiger charge is -2.28. The summed E-state index contributed by atoms with van der Waals surface area (Å²) >= 11 is 0. The molecule has 0 unspecified atom stereocenters. The van der Waals surface area contributed by atoms with Crippen molar-refractivity contribution < 1.29 is 14.6 Å². The van der Waals surface area contributed by atoms with Crippen molar-refractivity contribution in [2.75, 3.05) is 25.1 Å². The molecule has 1 aliphatic rings. The van der Waals surface area contributed by atoms with E-state index < -0.39 is 6.16 Å². The largest absolute Gasteiger partial charge is 0.505 e. The van der Waals surface area contributed by atoms with Crippen molar-refractivity contribution in [3.8, 4) is 0 Å². The second kappa shape index (κ2) is 7.54. The summed E-state index contributed by atoms with van der Waals surface area (Å²) in [7, 11) is 1.10. The van der Waals surface area contributed by atoms with Crippen molar-refractivity contribution in [3.63, 3.8) is 0 Å². The Morgan fingerprint density at radius 2 is 1.71 bits per heavy atom. The van der Waals surface area contributed by atoms with Gasteiger partial charge in [-0.15, -0.1) is 0 Å². The Hall–Kier alpha value is -1.71. The minimum Gasteiger partial charge on any atom is -0.450 e. The van der Waals surface area contributed by atoms with Crippen LogP contribution in [0.5, 0.6) is 0 Å². The second-order valence-corrected chi connectivity index (χ2v) is 3.85. The van der Waals surface area contributed by atoms with Crippen LogP contribution in [-0.4, -0.2) is 31.5 Å². The molecule has 0 radical (unpaired) electrons. The topological polar surface area (TPSA) is 49.8 Å². The van der Waals surface area contributed by atoms with Crippen LogP contribution in [-0.2, 0) is 4.74 Å². The Morgan fingerprint density at radius 1 is 1.18 bits per heavy atom. The van der Waals surface area contributed by atoms with Gasteiger partial charge in [0.2, 0.25) is 0 Å². The number of benzene rings is 1. The molecule has 1 aromatic carbocycles. The fourth-order valence-corrected chi connectivity index (χ4v) is 1.79. The number of piperidine rings is 1. The first kappa shape index (κ1) is 13.4. The molecule has 0 atom stereocenters. The summed E-state index contributed by atoms with van der Waals surface area (Å²) in [4.78, 5) is 11.6. The SMILES string of the molecule is COC(=O)O.c1ccc(N2CCCCC2)cc1. The molecule has 4 heteroatoms. The van der Waals surface area contributed by atoms with E-state index in [4.69, 9.17) is 9.90 Å². The predicted octanol–water partition coefficient (Wildman–Crippen LogP) is 2.99. The highest BCUT2D eigenvalue weighted by molar-refractivity contribution is 5.56. The Bertz CT molecular complexity index is 321. The lowest BCUT2D eigenvalue weighted by molar-refractivity contribution is 0.114. The van der Waals surface area contributed by atoms with Gasteiger partial charge in [-0.3, -0.25) is 0 Å². The number of ether oxygens (including phenoxy) is 1. The molecular formula is C13H19NO3. The van der Waals surface area contributed by atoms with Gasteiger partial charge < -0.3 is 14.7 Å². The van der Waals surface area contributed by atoms with Crippen molar-refractivity contribution >= 4 is 11.8 Å². The Labute approximate surface area is 102 Å². The van der Waals surface area contributed by atoms with Crippen molar-refractivity contribution in [2.24, 2.45) is 0 Å². The number of carbonyl (C=O) groups is 1. The summed E-state index contributed by atoms with van der Waals surface area (Å²) in [5, 5.41) is 7.50. The van der Waals surface area contributed by atoms with Crippen molar-refractivity contribution in [3.05, 3.63) is 30.3 Å². The summed E-state index contributed by atoms with van der Waals surface area (Å²) < 4.78 is 3.67. The van der Waals surface area contributed by atoms with Gasteiger partial charge >= 0.3 is 6.16 Å². The lowest BCUT2D eigenvalue weighted by Crippen LogP contribution is -2.29. The highest BCUT2D eigenvalue weighted by Gasteiger charge is 2.09. The van der Waals surface area contributed by atoms with Gasteiger partial charge in [-0.05, 0) is 31.4 Å². The van der Waals surface area contributed by atoms with E-state index >= 15 is 0 Å². The molecule has 4 nitrogen and oxygen atoms in total. The van der Waals surface area contributed by atoms with Gasteiger partial charge in [-0.2, -0.15) is 0 Å². The van der Waals surface area contributed by atoms with Crippen LogP contribution >= 0.6 is 0 Å². The van der Waals surface area contributed by atoms with Crippen molar-refractivity contribution in [1.29, 1.82) is 0 Å². The summed E-state index contributed by atoms with van der Waals surface area (Å²) in [6.45, 7) is 2.48. The van der Waals surface area contributed by atoms with Gasteiger partial charge in [0, 0.05) is 18.8 Å². The van der Waals surface area contributed by atoms with E-state index in [9.17, 15) is 0 Å². The zero-order valence-corrected chi connectivity index (χ0v) is 10.1. The van der Waals surface area contributed by atoms with Gasteiger partial charge in [-0.25, -0.2) is 4.79 Å².